The van der Waals surface area contributed by atoms with Crippen molar-refractivity contribution in [3.8, 4) is 23.0 Å². The average molecular weight is 464 g/mol. The van der Waals surface area contributed by atoms with Gasteiger partial charge in [0.05, 0.1) is 14.2 Å². The van der Waals surface area contributed by atoms with Crippen molar-refractivity contribution in [3.63, 3.8) is 0 Å². The quantitative estimate of drug-likeness (QED) is 0.249. The molecule has 0 amide bonds. The summed E-state index contributed by atoms with van der Waals surface area (Å²) in [5.41, 5.74) is 0.712. The molecular formula is C23H28O10. The third-order valence-corrected chi connectivity index (χ3v) is 4.38. The van der Waals surface area contributed by atoms with Gasteiger partial charge in [0.25, 0.3) is 0 Å². The van der Waals surface area contributed by atoms with Crippen molar-refractivity contribution in [1.29, 1.82) is 0 Å². The minimum atomic E-state index is -0.765. The molecule has 0 saturated heterocycles. The zero-order valence-corrected chi connectivity index (χ0v) is 19.5. The highest BCUT2D eigenvalue weighted by molar-refractivity contribution is 6.18. The monoisotopic (exact) mass is 464 g/mol. The van der Waals surface area contributed by atoms with E-state index in [1.165, 1.54) is 47.7 Å². The lowest BCUT2D eigenvalue weighted by Crippen LogP contribution is -2.16. The Balaban J connectivity index is 2.77. The molecule has 10 heteroatoms. The number of ketones is 1. The Bertz CT molecular complexity index is 941. The van der Waals surface area contributed by atoms with Crippen molar-refractivity contribution in [2.45, 2.75) is 6.92 Å². The van der Waals surface area contributed by atoms with E-state index in [1.807, 2.05) is 6.92 Å². The lowest BCUT2D eigenvalue weighted by molar-refractivity contribution is 0.0443. The summed E-state index contributed by atoms with van der Waals surface area (Å²) in [6, 6.07) is 6.18. The van der Waals surface area contributed by atoms with Gasteiger partial charge >= 0.3 is 5.97 Å². The van der Waals surface area contributed by atoms with Crippen molar-refractivity contribution < 1.29 is 47.5 Å². The van der Waals surface area contributed by atoms with Crippen LogP contribution in [-0.4, -0.2) is 67.7 Å². The van der Waals surface area contributed by atoms with E-state index in [2.05, 4.69) is 0 Å². The van der Waals surface area contributed by atoms with Crippen molar-refractivity contribution in [3.05, 3.63) is 46.5 Å². The highest BCUT2D eigenvalue weighted by Crippen LogP contribution is 2.37. The maximum Gasteiger partial charge on any atom is 0.342 e. The van der Waals surface area contributed by atoms with Gasteiger partial charge in [0, 0.05) is 33.0 Å². The molecule has 0 unspecified atom stereocenters. The predicted octanol–water partition coefficient (Wildman–Crippen LogP) is 2.97. The number of aryl methyl sites for hydroxylation is 1. The fourth-order valence-corrected chi connectivity index (χ4v) is 3.01. The van der Waals surface area contributed by atoms with Gasteiger partial charge in [-0.1, -0.05) is 0 Å². The molecular weight excluding hydrogens is 436 g/mol. The van der Waals surface area contributed by atoms with Crippen LogP contribution in [0.15, 0.2) is 24.3 Å². The van der Waals surface area contributed by atoms with Crippen LogP contribution in [0.1, 0.15) is 31.8 Å². The number of hydrogen-bond donors (Lipinski definition) is 0. The fraction of sp³-hybridized carbons (Fsp3) is 0.391. The Morgan fingerprint density at radius 2 is 1.24 bits per heavy atom. The van der Waals surface area contributed by atoms with E-state index in [4.69, 9.17) is 37.9 Å². The van der Waals surface area contributed by atoms with Gasteiger partial charge in [0.2, 0.25) is 5.78 Å². The van der Waals surface area contributed by atoms with Gasteiger partial charge in [-0.3, -0.25) is 4.79 Å². The molecule has 0 heterocycles. The van der Waals surface area contributed by atoms with E-state index in [0.717, 1.165) is 5.56 Å². The summed E-state index contributed by atoms with van der Waals surface area (Å²) in [5.74, 6) is -0.620. The van der Waals surface area contributed by atoms with Crippen LogP contribution in [0.5, 0.6) is 23.0 Å². The van der Waals surface area contributed by atoms with E-state index in [0.29, 0.717) is 0 Å². The molecule has 2 aromatic rings. The lowest BCUT2D eigenvalue weighted by Gasteiger charge is -2.19. The van der Waals surface area contributed by atoms with E-state index in [-0.39, 0.29) is 60.1 Å². The van der Waals surface area contributed by atoms with E-state index < -0.39 is 11.8 Å². The third-order valence-electron chi connectivity index (χ3n) is 4.38. The van der Waals surface area contributed by atoms with Gasteiger partial charge in [0.15, 0.2) is 20.4 Å². The number of esters is 1. The number of hydrogen-bond acceptors (Lipinski definition) is 10. The van der Waals surface area contributed by atoms with Crippen molar-refractivity contribution in [2.75, 3.05) is 55.9 Å². The largest absolute Gasteiger partial charge is 0.496 e. The van der Waals surface area contributed by atoms with Gasteiger partial charge in [-0.25, -0.2) is 4.79 Å². The Labute approximate surface area is 192 Å². The predicted molar refractivity (Wildman–Crippen MR) is 116 cm³/mol. The van der Waals surface area contributed by atoms with E-state index in [9.17, 15) is 9.59 Å². The number of rotatable bonds is 13. The first-order valence-electron chi connectivity index (χ1n) is 9.76. The van der Waals surface area contributed by atoms with Crippen LogP contribution in [-0.2, 0) is 18.9 Å². The number of ether oxygens (including phenoxy) is 8. The normalized spacial score (nSPS) is 10.5. The Morgan fingerprint density at radius 3 is 1.73 bits per heavy atom. The van der Waals surface area contributed by atoms with Gasteiger partial charge < -0.3 is 37.9 Å². The molecule has 0 fully saturated rings. The van der Waals surface area contributed by atoms with Crippen LogP contribution >= 0.6 is 0 Å². The molecule has 0 N–H and O–H groups in total. The fourth-order valence-electron chi connectivity index (χ4n) is 3.01. The van der Waals surface area contributed by atoms with Gasteiger partial charge in [-0.05, 0) is 30.7 Å². The molecule has 180 valence electrons. The molecule has 0 aliphatic carbocycles. The molecule has 0 aliphatic rings. The average Bonchev–Trinajstić information content (AvgIpc) is 2.82. The summed E-state index contributed by atoms with van der Waals surface area (Å²) in [6.45, 7) is 1.51. The maximum atomic E-state index is 13.9. The summed E-state index contributed by atoms with van der Waals surface area (Å²) in [5, 5.41) is 0. The van der Waals surface area contributed by atoms with Crippen LogP contribution in [0, 0.1) is 6.92 Å². The molecule has 0 aromatic heterocycles. The number of carbonyl (C=O) groups excluding carboxylic acids is 2. The van der Waals surface area contributed by atoms with Crippen LogP contribution in [0.3, 0.4) is 0 Å². The Morgan fingerprint density at radius 1 is 0.697 bits per heavy atom. The second kappa shape index (κ2) is 12.6. The van der Waals surface area contributed by atoms with Crippen molar-refractivity contribution in [1.82, 2.24) is 0 Å². The highest BCUT2D eigenvalue weighted by atomic mass is 16.7. The zero-order chi connectivity index (χ0) is 24.4. The second-order valence-corrected chi connectivity index (χ2v) is 6.66. The van der Waals surface area contributed by atoms with Crippen LogP contribution < -0.4 is 18.9 Å². The van der Waals surface area contributed by atoms with E-state index in [1.54, 1.807) is 12.1 Å². The summed E-state index contributed by atoms with van der Waals surface area (Å²) >= 11 is 0. The third kappa shape index (κ3) is 6.35. The minimum absolute atomic E-state index is 0.0410. The molecule has 0 spiro atoms. The SMILES string of the molecule is COCOc1cc(OC)c(C(=O)OC)c(C(=O)c2c(OCOC)cc(C)cc2OCOC)c1. The Kier molecular flexibility index (Phi) is 9.92. The molecule has 0 atom stereocenters. The highest BCUT2D eigenvalue weighted by Gasteiger charge is 2.29. The molecule has 0 saturated carbocycles. The first kappa shape index (κ1) is 25.9. The number of benzene rings is 2. The van der Waals surface area contributed by atoms with Crippen LogP contribution in [0.2, 0.25) is 0 Å². The zero-order valence-electron chi connectivity index (χ0n) is 19.5. The first-order chi connectivity index (χ1) is 15.9. The second-order valence-electron chi connectivity index (χ2n) is 6.66. The summed E-state index contributed by atoms with van der Waals surface area (Å²) in [6.07, 6.45) is 0. The summed E-state index contributed by atoms with van der Waals surface area (Å²) in [4.78, 5) is 26.5. The number of methoxy groups -OCH3 is 5. The number of carbonyl (C=O) groups is 2. The molecule has 33 heavy (non-hydrogen) atoms. The molecule has 2 rings (SSSR count). The molecule has 0 bridgehead atoms. The van der Waals surface area contributed by atoms with Crippen molar-refractivity contribution in [2.24, 2.45) is 0 Å². The topological polar surface area (TPSA) is 108 Å². The standard InChI is InChI=1S/C23H28O10/c1-14-7-18(32-12-27-3)21(19(8-14)33-13-28-4)22(24)16-9-15(31-11-26-2)10-17(29-5)20(16)23(25)30-6/h7-10H,11-13H2,1-6H3. The van der Waals surface area contributed by atoms with Crippen LogP contribution in [0.25, 0.3) is 0 Å². The van der Waals surface area contributed by atoms with Crippen LogP contribution in [0.4, 0.5) is 0 Å². The summed E-state index contributed by atoms with van der Waals surface area (Å²) < 4.78 is 42.0. The molecule has 10 nitrogen and oxygen atoms in total. The van der Waals surface area contributed by atoms with E-state index >= 15 is 0 Å². The molecule has 0 radical (unpaired) electrons. The summed E-state index contributed by atoms with van der Waals surface area (Å²) in [7, 11) is 6.93. The van der Waals surface area contributed by atoms with Gasteiger partial charge in [0.1, 0.15) is 34.1 Å². The smallest absolute Gasteiger partial charge is 0.342 e. The van der Waals surface area contributed by atoms with Gasteiger partial charge in [-0.2, -0.15) is 0 Å². The maximum absolute atomic E-state index is 13.9. The van der Waals surface area contributed by atoms with Gasteiger partial charge in [-0.15, -0.1) is 0 Å². The molecule has 2 aromatic carbocycles. The minimum Gasteiger partial charge on any atom is -0.496 e. The first-order valence-corrected chi connectivity index (χ1v) is 9.76. The van der Waals surface area contributed by atoms with Crippen molar-refractivity contribution >= 4 is 11.8 Å². The molecule has 0 aliphatic heterocycles. The Hall–Kier alpha value is -3.34. The lowest BCUT2D eigenvalue weighted by atomic mass is 9.95.